The van der Waals surface area contributed by atoms with E-state index in [1.165, 1.54) is 0 Å². The first-order valence-corrected chi connectivity index (χ1v) is 11.0. The minimum atomic E-state index is -3.71. The highest BCUT2D eigenvalue weighted by Crippen LogP contribution is 2.28. The highest BCUT2D eigenvalue weighted by Gasteiger charge is 2.18. The average Bonchev–Trinajstić information content (AvgIpc) is 3.28. The molecule has 2 heterocycles. The van der Waals surface area contributed by atoms with Crippen molar-refractivity contribution in [2.75, 3.05) is 6.54 Å². The van der Waals surface area contributed by atoms with Gasteiger partial charge in [-0.1, -0.05) is 12.1 Å². The van der Waals surface area contributed by atoms with Gasteiger partial charge in [-0.2, -0.15) is 8.42 Å². The summed E-state index contributed by atoms with van der Waals surface area (Å²) in [6.07, 6.45) is 0.436. The lowest BCUT2D eigenvalue weighted by Crippen LogP contribution is -2.31. The molecule has 0 bridgehead atoms. The van der Waals surface area contributed by atoms with Gasteiger partial charge in [-0.15, -0.1) is 11.3 Å². The number of unbranched alkanes of at least 4 members (excludes halogenated alkanes) is 1. The van der Waals surface area contributed by atoms with E-state index in [1.54, 1.807) is 11.3 Å². The number of nitrogens with one attached hydrogen (secondary N) is 3. The molecule has 6 N–H and O–H groups in total. The van der Waals surface area contributed by atoms with E-state index in [9.17, 15) is 13.2 Å². The van der Waals surface area contributed by atoms with Crippen LogP contribution >= 0.6 is 11.3 Å². The van der Waals surface area contributed by atoms with Crippen molar-refractivity contribution in [1.82, 2.24) is 20.0 Å². The van der Waals surface area contributed by atoms with E-state index in [1.807, 2.05) is 35.7 Å². The van der Waals surface area contributed by atoms with Crippen molar-refractivity contribution in [3.63, 3.8) is 0 Å². The molecule has 0 saturated carbocycles. The maximum Gasteiger partial charge on any atom is 0.405 e. The quantitative estimate of drug-likeness (QED) is 0.335. The fourth-order valence-electron chi connectivity index (χ4n) is 2.90. The van der Waals surface area contributed by atoms with E-state index in [2.05, 4.69) is 20.0 Å². The van der Waals surface area contributed by atoms with Gasteiger partial charge in [0, 0.05) is 11.4 Å². The van der Waals surface area contributed by atoms with Crippen LogP contribution in [0.5, 0.6) is 0 Å². The number of fused-ring (bicyclic) bond motifs is 1. The van der Waals surface area contributed by atoms with Crippen molar-refractivity contribution in [2.45, 2.75) is 25.3 Å². The van der Waals surface area contributed by atoms with Crippen LogP contribution < -0.4 is 15.2 Å². The van der Waals surface area contributed by atoms with E-state index in [0.717, 1.165) is 21.5 Å². The molecule has 0 radical (unpaired) electrons. The van der Waals surface area contributed by atoms with Gasteiger partial charge in [-0.3, -0.25) is 0 Å². The third-order valence-corrected chi connectivity index (χ3v) is 5.68. The maximum absolute atomic E-state index is 11.2. The molecular weight excluding hydrogens is 402 g/mol. The molecule has 3 rings (SSSR count). The maximum atomic E-state index is 11.2. The van der Waals surface area contributed by atoms with Gasteiger partial charge < -0.3 is 15.4 Å². The Bertz CT molecular complexity index is 1050. The predicted octanol–water partition coefficient (Wildman–Crippen LogP) is 2.56. The van der Waals surface area contributed by atoms with Crippen molar-refractivity contribution in [3.8, 4) is 10.4 Å². The van der Waals surface area contributed by atoms with Crippen molar-refractivity contribution < 1.29 is 18.3 Å². The Labute approximate surface area is 166 Å². The third-order valence-electron chi connectivity index (χ3n) is 4.16. The Hall–Kier alpha value is -2.47. The summed E-state index contributed by atoms with van der Waals surface area (Å²) >= 11 is 1.64. The molecule has 1 aromatic carbocycles. The molecule has 150 valence electrons. The number of aromatic amines is 1. The zero-order valence-corrected chi connectivity index (χ0v) is 16.5. The number of hydrogen-bond donors (Lipinski definition) is 5. The van der Waals surface area contributed by atoms with Crippen LogP contribution in [0, 0.1) is 0 Å². The molecule has 0 spiro atoms. The van der Waals surface area contributed by atoms with Gasteiger partial charge >= 0.3 is 6.09 Å². The van der Waals surface area contributed by atoms with Crippen LogP contribution in [-0.2, 0) is 10.2 Å². The summed E-state index contributed by atoms with van der Waals surface area (Å²) in [5.74, 6) is 0.528. The van der Waals surface area contributed by atoms with Gasteiger partial charge in [-0.05, 0) is 48.4 Å². The van der Waals surface area contributed by atoms with E-state index in [0.29, 0.717) is 25.1 Å². The first-order valence-electron chi connectivity index (χ1n) is 8.62. The van der Waals surface area contributed by atoms with Gasteiger partial charge in [0.25, 0.3) is 10.2 Å². The summed E-state index contributed by atoms with van der Waals surface area (Å²) in [5.41, 5.74) is 2.65. The Morgan fingerprint density at radius 3 is 2.82 bits per heavy atom. The van der Waals surface area contributed by atoms with Crippen LogP contribution in [0.3, 0.4) is 0 Å². The number of imidazole rings is 1. The number of aromatic nitrogens is 2. The highest BCUT2D eigenvalue weighted by molar-refractivity contribution is 7.87. The molecule has 3 aromatic rings. The Balaban J connectivity index is 1.72. The minimum absolute atomic E-state index is 0.197. The molecule has 28 heavy (non-hydrogen) atoms. The smallest absolute Gasteiger partial charge is 0.405 e. The zero-order valence-electron chi connectivity index (χ0n) is 14.9. The number of nitrogens with two attached hydrogens (primary N) is 1. The number of H-pyrrole nitrogens is 1. The summed E-state index contributed by atoms with van der Waals surface area (Å²) in [5, 5.41) is 18.5. The van der Waals surface area contributed by atoms with Crippen molar-refractivity contribution in [3.05, 3.63) is 41.5 Å². The van der Waals surface area contributed by atoms with E-state index in [-0.39, 0.29) is 6.54 Å². The predicted molar refractivity (Wildman–Crippen MR) is 108 cm³/mol. The number of carboxylic acid groups (broad SMARTS) is 1. The molecule has 0 aliphatic carbocycles. The molecule has 0 saturated heterocycles. The summed E-state index contributed by atoms with van der Waals surface area (Å²) in [4.78, 5) is 20.0. The fourth-order valence-corrected chi connectivity index (χ4v) is 4.06. The fraction of sp³-hybridized carbons (Fsp3) is 0.294. The molecule has 0 aliphatic rings. The van der Waals surface area contributed by atoms with E-state index >= 15 is 0 Å². The summed E-state index contributed by atoms with van der Waals surface area (Å²) in [7, 11) is -3.71. The van der Waals surface area contributed by atoms with Crippen LogP contribution in [-0.4, -0.2) is 36.1 Å². The lowest BCUT2D eigenvalue weighted by atomic mass is 10.1. The van der Waals surface area contributed by atoms with Gasteiger partial charge in [0.2, 0.25) is 0 Å². The highest BCUT2D eigenvalue weighted by atomic mass is 32.2. The molecule has 1 amide bonds. The van der Waals surface area contributed by atoms with Crippen LogP contribution in [0.1, 0.15) is 31.1 Å². The summed E-state index contributed by atoms with van der Waals surface area (Å²) < 4.78 is 23.9. The third kappa shape index (κ3) is 5.52. The zero-order chi connectivity index (χ0) is 20.1. The van der Waals surface area contributed by atoms with Crippen LogP contribution in [0.2, 0.25) is 0 Å². The Kier molecular flexibility index (Phi) is 6.29. The second-order valence-corrected chi connectivity index (χ2v) is 8.59. The minimum Gasteiger partial charge on any atom is -0.465 e. The lowest BCUT2D eigenvalue weighted by Gasteiger charge is -2.14. The van der Waals surface area contributed by atoms with Crippen LogP contribution in [0.4, 0.5) is 4.79 Å². The SMILES string of the molecule is NS(=O)(=O)NCCCCC(NC(=O)O)c1nc2ccc(-c3cccs3)cc2[nH]1. The van der Waals surface area contributed by atoms with Gasteiger partial charge in [0.05, 0.1) is 17.1 Å². The van der Waals surface area contributed by atoms with Crippen LogP contribution in [0.25, 0.3) is 21.5 Å². The number of hydrogen-bond acceptors (Lipinski definition) is 5. The molecule has 9 nitrogen and oxygen atoms in total. The first kappa shape index (κ1) is 20.3. The Morgan fingerprint density at radius 2 is 2.14 bits per heavy atom. The largest absolute Gasteiger partial charge is 0.465 e. The van der Waals surface area contributed by atoms with Crippen LogP contribution in [0.15, 0.2) is 35.7 Å². The first-order chi connectivity index (χ1) is 13.3. The second-order valence-electron chi connectivity index (χ2n) is 6.27. The van der Waals surface area contributed by atoms with Gasteiger partial charge in [-0.25, -0.2) is 19.6 Å². The molecule has 0 fully saturated rings. The number of nitrogens with zero attached hydrogens (tertiary/aromatic N) is 1. The number of carbonyl (C=O) groups is 1. The number of benzene rings is 1. The van der Waals surface area contributed by atoms with Crippen molar-refractivity contribution in [1.29, 1.82) is 0 Å². The normalized spacial score (nSPS) is 12.9. The average molecular weight is 424 g/mol. The monoisotopic (exact) mass is 423 g/mol. The van der Waals surface area contributed by atoms with Crippen molar-refractivity contribution in [2.24, 2.45) is 5.14 Å². The van der Waals surface area contributed by atoms with Gasteiger partial charge in [0.1, 0.15) is 5.82 Å². The number of thiophene rings is 1. The number of rotatable bonds is 9. The standard InChI is InChI=1S/C17H21N5O4S2/c18-28(25,26)19-8-2-1-4-13(22-17(23)24)16-20-12-7-6-11(10-14(12)21-16)15-5-3-9-27-15/h3,5-7,9-10,13,19,22H,1-2,4,8H2,(H,20,21)(H,23,24)(H2,18,25,26). The molecule has 1 unspecified atom stereocenters. The number of amides is 1. The van der Waals surface area contributed by atoms with E-state index < -0.39 is 22.3 Å². The second kappa shape index (κ2) is 8.69. The molecule has 1 atom stereocenters. The Morgan fingerprint density at radius 1 is 1.32 bits per heavy atom. The molecule has 0 aliphatic heterocycles. The molecule has 2 aromatic heterocycles. The van der Waals surface area contributed by atoms with Crippen molar-refractivity contribution >= 4 is 38.7 Å². The van der Waals surface area contributed by atoms with Gasteiger partial charge in [0.15, 0.2) is 0 Å². The lowest BCUT2D eigenvalue weighted by molar-refractivity contribution is 0.188. The molecule has 11 heteroatoms. The summed E-state index contributed by atoms with van der Waals surface area (Å²) in [6, 6.07) is 9.37. The topological polar surface area (TPSA) is 150 Å². The summed E-state index contributed by atoms with van der Waals surface area (Å²) in [6.45, 7) is 0.197. The van der Waals surface area contributed by atoms with E-state index in [4.69, 9.17) is 10.2 Å². The molecular formula is C17H21N5O4S2.